The summed E-state index contributed by atoms with van der Waals surface area (Å²) in [5.41, 5.74) is -1.63. The first-order chi connectivity index (χ1) is 5.40. The van der Waals surface area contributed by atoms with Gasteiger partial charge in [-0.1, -0.05) is 6.92 Å². The molecule has 0 radical (unpaired) electrons. The number of carbonyl (C=O) groups is 1. The maximum atomic E-state index is 10.5. The number of aliphatic carboxylic acids is 1. The van der Waals surface area contributed by atoms with Gasteiger partial charge in [0.25, 0.3) is 0 Å². The summed E-state index contributed by atoms with van der Waals surface area (Å²) < 4.78 is 0. The first-order valence-electron chi connectivity index (χ1n) is 4.04. The summed E-state index contributed by atoms with van der Waals surface area (Å²) in [6, 6.07) is 0. The van der Waals surface area contributed by atoms with E-state index < -0.39 is 11.6 Å². The molecule has 0 aromatic rings. The van der Waals surface area contributed by atoms with Crippen LogP contribution in [0.5, 0.6) is 0 Å². The lowest BCUT2D eigenvalue weighted by molar-refractivity contribution is -0.158. The third kappa shape index (κ3) is 3.69. The van der Waals surface area contributed by atoms with E-state index in [1.54, 1.807) is 11.9 Å². The zero-order valence-corrected chi connectivity index (χ0v) is 7.87. The highest BCUT2D eigenvalue weighted by Crippen LogP contribution is 2.05. The van der Waals surface area contributed by atoms with Crippen LogP contribution >= 0.6 is 0 Å². The molecule has 0 aliphatic heterocycles. The van der Waals surface area contributed by atoms with Crippen LogP contribution in [-0.2, 0) is 4.79 Å². The molecule has 0 aliphatic rings. The summed E-state index contributed by atoms with van der Waals surface area (Å²) in [4.78, 5) is 12.3. The number of carboxylic acids is 1. The fourth-order valence-electron chi connectivity index (χ4n) is 1.05. The molecule has 1 unspecified atom stereocenters. The molecule has 0 aromatic heterocycles. The second kappa shape index (κ2) is 4.42. The van der Waals surface area contributed by atoms with Crippen LogP contribution in [0.15, 0.2) is 0 Å². The quantitative estimate of drug-likeness (QED) is 0.625. The minimum absolute atomic E-state index is 0.163. The van der Waals surface area contributed by atoms with E-state index in [2.05, 4.69) is 0 Å². The van der Waals surface area contributed by atoms with E-state index in [9.17, 15) is 9.90 Å². The lowest BCUT2D eigenvalue weighted by Crippen LogP contribution is -2.45. The van der Waals surface area contributed by atoms with Gasteiger partial charge < -0.3 is 15.1 Å². The molecule has 0 aliphatic carbocycles. The van der Waals surface area contributed by atoms with E-state index in [0.29, 0.717) is 0 Å². The third-order valence-corrected chi connectivity index (χ3v) is 1.64. The Labute approximate surface area is 72.8 Å². The highest BCUT2D eigenvalue weighted by atomic mass is 16.4. The van der Waals surface area contributed by atoms with Gasteiger partial charge in [0.15, 0.2) is 5.60 Å². The molecule has 0 amide bonds. The zero-order chi connectivity index (χ0) is 9.78. The van der Waals surface area contributed by atoms with Crippen molar-refractivity contribution >= 4 is 5.97 Å². The summed E-state index contributed by atoms with van der Waals surface area (Å²) in [6.07, 6.45) is 0.951. The Kier molecular flexibility index (Phi) is 4.20. The van der Waals surface area contributed by atoms with Crippen molar-refractivity contribution in [2.24, 2.45) is 0 Å². The monoisotopic (exact) mass is 175 g/mol. The van der Waals surface area contributed by atoms with E-state index in [1.165, 1.54) is 6.92 Å². The maximum Gasteiger partial charge on any atom is 0.336 e. The highest BCUT2D eigenvalue weighted by molar-refractivity contribution is 5.76. The van der Waals surface area contributed by atoms with Gasteiger partial charge in [-0.25, -0.2) is 4.79 Å². The smallest absolute Gasteiger partial charge is 0.336 e. The Hall–Kier alpha value is -0.610. The van der Waals surface area contributed by atoms with Gasteiger partial charge >= 0.3 is 5.97 Å². The van der Waals surface area contributed by atoms with Crippen molar-refractivity contribution in [3.8, 4) is 0 Å². The van der Waals surface area contributed by atoms with Gasteiger partial charge in [-0.2, -0.15) is 0 Å². The van der Waals surface area contributed by atoms with Gasteiger partial charge in [-0.15, -0.1) is 0 Å². The van der Waals surface area contributed by atoms with Gasteiger partial charge in [-0.3, -0.25) is 0 Å². The summed E-state index contributed by atoms with van der Waals surface area (Å²) in [7, 11) is 1.79. The second-order valence-electron chi connectivity index (χ2n) is 3.32. The van der Waals surface area contributed by atoms with Crippen molar-refractivity contribution in [2.45, 2.75) is 25.9 Å². The lowest BCUT2D eigenvalue weighted by Gasteiger charge is -2.24. The first-order valence-corrected chi connectivity index (χ1v) is 4.04. The lowest BCUT2D eigenvalue weighted by atomic mass is 10.1. The van der Waals surface area contributed by atoms with Crippen LogP contribution < -0.4 is 0 Å². The van der Waals surface area contributed by atoms with Crippen LogP contribution in [0.3, 0.4) is 0 Å². The van der Waals surface area contributed by atoms with Crippen molar-refractivity contribution in [3.05, 3.63) is 0 Å². The van der Waals surface area contributed by atoms with Crippen LogP contribution in [0.1, 0.15) is 20.3 Å². The molecular formula is C8H17NO3. The Morgan fingerprint density at radius 2 is 2.08 bits per heavy atom. The van der Waals surface area contributed by atoms with Crippen LogP contribution in [0.4, 0.5) is 0 Å². The fourth-order valence-corrected chi connectivity index (χ4v) is 1.05. The summed E-state index contributed by atoms with van der Waals surface area (Å²) in [5, 5.41) is 17.9. The molecule has 1 atom stereocenters. The molecule has 0 spiro atoms. The summed E-state index contributed by atoms with van der Waals surface area (Å²) in [5.74, 6) is -1.18. The van der Waals surface area contributed by atoms with Crippen LogP contribution in [0.2, 0.25) is 0 Å². The number of nitrogens with zero attached hydrogens (tertiary/aromatic N) is 1. The van der Waals surface area contributed by atoms with E-state index >= 15 is 0 Å². The van der Waals surface area contributed by atoms with Crippen molar-refractivity contribution in [3.63, 3.8) is 0 Å². The predicted molar refractivity (Wildman–Crippen MR) is 46.0 cm³/mol. The number of rotatable bonds is 5. The topological polar surface area (TPSA) is 60.8 Å². The summed E-state index contributed by atoms with van der Waals surface area (Å²) in [6.45, 7) is 4.27. The van der Waals surface area contributed by atoms with Gasteiger partial charge in [0.2, 0.25) is 0 Å². The van der Waals surface area contributed by atoms with Crippen LogP contribution in [-0.4, -0.2) is 46.8 Å². The zero-order valence-electron chi connectivity index (χ0n) is 7.87. The molecule has 4 heteroatoms. The molecule has 2 N–H and O–H groups in total. The third-order valence-electron chi connectivity index (χ3n) is 1.64. The van der Waals surface area contributed by atoms with Crippen molar-refractivity contribution < 1.29 is 15.0 Å². The number of aliphatic hydroxyl groups is 1. The molecule has 0 aromatic carbocycles. The van der Waals surface area contributed by atoms with E-state index in [4.69, 9.17) is 5.11 Å². The molecule has 0 heterocycles. The predicted octanol–water partition coefficient (Wildman–Crippen LogP) is 0.164. The maximum absolute atomic E-state index is 10.5. The van der Waals surface area contributed by atoms with Crippen molar-refractivity contribution in [2.75, 3.05) is 20.1 Å². The van der Waals surface area contributed by atoms with Gasteiger partial charge in [-0.05, 0) is 26.9 Å². The highest BCUT2D eigenvalue weighted by Gasteiger charge is 2.30. The summed E-state index contributed by atoms with van der Waals surface area (Å²) >= 11 is 0. The Morgan fingerprint density at radius 3 is 2.42 bits per heavy atom. The number of hydrogen-bond donors (Lipinski definition) is 2. The Morgan fingerprint density at radius 1 is 1.58 bits per heavy atom. The van der Waals surface area contributed by atoms with Crippen LogP contribution in [0.25, 0.3) is 0 Å². The SMILES string of the molecule is CCCN(C)CC(C)(O)C(=O)O. The Bertz CT molecular complexity index is 156. The molecule has 0 saturated carbocycles. The molecule has 72 valence electrons. The number of carboxylic acid groups (broad SMARTS) is 1. The second-order valence-corrected chi connectivity index (χ2v) is 3.32. The average Bonchev–Trinajstić information content (AvgIpc) is 1.85. The Balaban J connectivity index is 3.96. The first kappa shape index (κ1) is 11.4. The van der Waals surface area contributed by atoms with Gasteiger partial charge in [0.1, 0.15) is 0 Å². The molecule has 0 bridgehead atoms. The largest absolute Gasteiger partial charge is 0.479 e. The number of likely N-dealkylation sites (N-methyl/N-ethyl adjacent to an activating group) is 1. The molecule has 12 heavy (non-hydrogen) atoms. The fraction of sp³-hybridized carbons (Fsp3) is 0.875. The van der Waals surface area contributed by atoms with E-state index in [0.717, 1.165) is 13.0 Å². The molecule has 4 nitrogen and oxygen atoms in total. The minimum atomic E-state index is -1.63. The van der Waals surface area contributed by atoms with Crippen LogP contribution in [0, 0.1) is 0 Å². The van der Waals surface area contributed by atoms with Gasteiger partial charge in [0.05, 0.1) is 0 Å². The number of hydrogen-bond acceptors (Lipinski definition) is 3. The van der Waals surface area contributed by atoms with Crippen molar-refractivity contribution in [1.29, 1.82) is 0 Å². The van der Waals surface area contributed by atoms with E-state index in [-0.39, 0.29) is 6.54 Å². The average molecular weight is 175 g/mol. The van der Waals surface area contributed by atoms with Crippen molar-refractivity contribution in [1.82, 2.24) is 4.90 Å². The van der Waals surface area contributed by atoms with Gasteiger partial charge in [0, 0.05) is 6.54 Å². The standard InChI is InChI=1S/C8H17NO3/c1-4-5-9(3)6-8(2,12)7(10)11/h12H,4-6H2,1-3H3,(H,10,11). The normalized spacial score (nSPS) is 16.1. The van der Waals surface area contributed by atoms with E-state index in [1.807, 2.05) is 6.92 Å². The molecular weight excluding hydrogens is 158 g/mol. The molecule has 0 rings (SSSR count). The molecule has 0 saturated heterocycles. The molecule has 0 fully saturated rings. The minimum Gasteiger partial charge on any atom is -0.479 e.